The number of carbonyl (C=O) groups excluding carboxylic acids is 4. The number of hydrogen-bond donors (Lipinski definition) is 0. The Morgan fingerprint density at radius 3 is 2.42 bits per heavy atom. The average Bonchev–Trinajstić information content (AvgIpc) is 3.95. The molecule has 268 valence electrons. The van der Waals surface area contributed by atoms with Crippen LogP contribution in [0.5, 0.6) is 5.88 Å². The molecule has 50 heavy (non-hydrogen) atoms. The predicted octanol–water partition coefficient (Wildman–Crippen LogP) is 6.37. The number of ketones is 1. The third kappa shape index (κ3) is 7.61. The van der Waals surface area contributed by atoms with Crippen LogP contribution in [0, 0.1) is 28.5 Å². The van der Waals surface area contributed by atoms with Gasteiger partial charge in [-0.15, -0.1) is 6.58 Å². The summed E-state index contributed by atoms with van der Waals surface area (Å²) in [5.74, 6) is -1.97. The van der Waals surface area contributed by atoms with Crippen LogP contribution in [0.3, 0.4) is 0 Å². The summed E-state index contributed by atoms with van der Waals surface area (Å²) in [5.41, 5.74) is -0.928. The maximum absolute atomic E-state index is 14.8. The van der Waals surface area contributed by atoms with E-state index >= 15 is 0 Å². The van der Waals surface area contributed by atoms with Crippen LogP contribution in [0.15, 0.2) is 43.0 Å². The van der Waals surface area contributed by atoms with E-state index in [1.807, 2.05) is 20.8 Å². The molecular weight excluding hydrogens is 641 g/mol. The van der Waals surface area contributed by atoms with Crippen LogP contribution in [0.2, 0.25) is 0 Å². The van der Waals surface area contributed by atoms with Gasteiger partial charge in [-0.1, -0.05) is 39.0 Å². The van der Waals surface area contributed by atoms with Gasteiger partial charge in [0, 0.05) is 30.4 Å². The molecule has 3 aliphatic carbocycles. The van der Waals surface area contributed by atoms with E-state index in [1.165, 1.54) is 18.1 Å². The summed E-state index contributed by atoms with van der Waals surface area (Å²) in [4.78, 5) is 65.6. The van der Waals surface area contributed by atoms with Crippen molar-refractivity contribution in [1.82, 2.24) is 14.9 Å². The van der Waals surface area contributed by atoms with Gasteiger partial charge < -0.3 is 19.1 Å². The van der Waals surface area contributed by atoms with Gasteiger partial charge in [0.25, 0.3) is 0 Å². The molecule has 2 aromatic rings. The number of halogens is 1. The highest BCUT2D eigenvalue weighted by molar-refractivity contribution is 5.96. The lowest BCUT2D eigenvalue weighted by molar-refractivity contribution is -0.156. The molecule has 0 spiro atoms. The predicted molar refractivity (Wildman–Crippen MR) is 182 cm³/mol. The molecular formula is C39H48FN3O7. The van der Waals surface area contributed by atoms with Gasteiger partial charge in [-0.2, -0.15) is 4.98 Å². The first-order valence-electron chi connectivity index (χ1n) is 17.9. The highest BCUT2D eigenvalue weighted by Crippen LogP contribution is 2.57. The van der Waals surface area contributed by atoms with Crippen molar-refractivity contribution < 1.29 is 37.8 Å². The van der Waals surface area contributed by atoms with E-state index in [4.69, 9.17) is 14.2 Å². The number of carbonyl (C=O) groups is 4. The minimum Gasteiger partial charge on any atom is -0.472 e. The summed E-state index contributed by atoms with van der Waals surface area (Å²) in [6.45, 7) is 9.59. The standard InChI is InChI=1S/C39H48FN3O7/c1-6-24-20-39(24,37(47)48-5)21-32(44)31-17-26(22-43(31)36(46)28(38(2,3)4)18-34(45)50-25-11-7-8-12-25)49-33-19-30(27-13-9-10-14-29(27)40)41-35(42-33)23-15-16-23/h6,9-10,13-14,19,23-26,28,31H,1,7-8,11-12,15-18,20-22H2,2-5H3/t24-,26-,28-,31+,39-/m1/s1. The van der Waals surface area contributed by atoms with Crippen LogP contribution in [-0.2, 0) is 28.7 Å². The van der Waals surface area contributed by atoms with Gasteiger partial charge in [0.15, 0.2) is 5.78 Å². The first kappa shape index (κ1) is 35.7. The summed E-state index contributed by atoms with van der Waals surface area (Å²) >= 11 is 0. The number of Topliss-reactive ketones (excluding diaryl/α,β-unsaturated/α-hetero) is 1. The van der Waals surface area contributed by atoms with Crippen molar-refractivity contribution in [2.45, 2.75) is 109 Å². The summed E-state index contributed by atoms with van der Waals surface area (Å²) in [5, 5.41) is 0. The SMILES string of the molecule is C=C[C@@H]1C[C@]1(CC(=O)[C@@H]1C[C@@H](Oc2cc(-c3ccccc3F)nc(C3CC3)n2)CN1C(=O)[C@@H](CC(=O)OC1CCCC1)C(C)(C)C)C(=O)OC. The smallest absolute Gasteiger partial charge is 0.312 e. The molecule has 11 heteroatoms. The number of esters is 2. The van der Waals surface area contributed by atoms with Gasteiger partial charge >= 0.3 is 11.9 Å². The first-order chi connectivity index (χ1) is 23.8. The number of likely N-dealkylation sites (tertiary alicyclic amines) is 1. The third-order valence-electron chi connectivity index (χ3n) is 10.8. The van der Waals surface area contributed by atoms with E-state index in [9.17, 15) is 23.6 Å². The fraction of sp³-hybridized carbons (Fsp3) is 0.590. The molecule has 1 saturated heterocycles. The zero-order valence-corrected chi connectivity index (χ0v) is 29.5. The molecule has 4 aliphatic rings. The molecule has 0 N–H and O–H groups in total. The number of benzene rings is 1. The first-order valence-corrected chi connectivity index (χ1v) is 17.9. The van der Waals surface area contributed by atoms with Gasteiger partial charge in [0.1, 0.15) is 23.8 Å². The van der Waals surface area contributed by atoms with Gasteiger partial charge in [0.2, 0.25) is 11.8 Å². The monoisotopic (exact) mass is 689 g/mol. The Bertz CT molecular complexity index is 1650. The van der Waals surface area contributed by atoms with Crippen molar-refractivity contribution >= 4 is 23.6 Å². The fourth-order valence-electron chi connectivity index (χ4n) is 7.59. The van der Waals surface area contributed by atoms with Crippen LogP contribution in [-0.4, -0.2) is 70.4 Å². The van der Waals surface area contributed by atoms with Crippen LogP contribution in [0.25, 0.3) is 11.3 Å². The Morgan fingerprint density at radius 2 is 1.80 bits per heavy atom. The summed E-state index contributed by atoms with van der Waals surface area (Å²) < 4.78 is 32.1. The van der Waals surface area contributed by atoms with Crippen molar-refractivity contribution in [3.63, 3.8) is 0 Å². The maximum atomic E-state index is 14.8. The molecule has 6 rings (SSSR count). The maximum Gasteiger partial charge on any atom is 0.312 e. The molecule has 1 aliphatic heterocycles. The number of methoxy groups -OCH3 is 1. The number of allylic oxidation sites excluding steroid dienone is 1. The molecule has 1 aromatic carbocycles. The summed E-state index contributed by atoms with van der Waals surface area (Å²) in [7, 11) is 1.30. The Morgan fingerprint density at radius 1 is 1.08 bits per heavy atom. The molecule has 10 nitrogen and oxygen atoms in total. The second-order valence-corrected chi connectivity index (χ2v) is 15.5. The van der Waals surface area contributed by atoms with Crippen molar-refractivity contribution in [2.24, 2.45) is 22.7 Å². The van der Waals surface area contributed by atoms with Gasteiger partial charge in [0.05, 0.1) is 43.1 Å². The summed E-state index contributed by atoms with van der Waals surface area (Å²) in [6.07, 6.45) is 6.76. The number of amides is 1. The minimum absolute atomic E-state index is 0.0629. The Kier molecular flexibility index (Phi) is 10.2. The summed E-state index contributed by atoms with van der Waals surface area (Å²) in [6, 6.07) is 7.06. The fourth-order valence-corrected chi connectivity index (χ4v) is 7.59. The second kappa shape index (κ2) is 14.2. The van der Waals surface area contributed by atoms with Crippen LogP contribution in [0.4, 0.5) is 4.39 Å². The minimum atomic E-state index is -1.02. The van der Waals surface area contributed by atoms with E-state index in [2.05, 4.69) is 16.5 Å². The van der Waals surface area contributed by atoms with Crippen LogP contribution < -0.4 is 4.74 Å². The third-order valence-corrected chi connectivity index (χ3v) is 10.8. The van der Waals surface area contributed by atoms with E-state index in [-0.39, 0.29) is 61.3 Å². The largest absolute Gasteiger partial charge is 0.472 e. The van der Waals surface area contributed by atoms with Gasteiger partial charge in [-0.05, 0) is 68.4 Å². The van der Waals surface area contributed by atoms with Gasteiger partial charge in [-0.25, -0.2) is 9.37 Å². The quantitative estimate of drug-likeness (QED) is 0.174. The molecule has 0 bridgehead atoms. The molecule has 0 radical (unpaired) electrons. The van der Waals surface area contributed by atoms with Crippen molar-refractivity contribution in [3.05, 3.63) is 54.6 Å². The zero-order valence-electron chi connectivity index (χ0n) is 29.5. The van der Waals surface area contributed by atoms with Crippen molar-refractivity contribution in [2.75, 3.05) is 13.7 Å². The highest BCUT2D eigenvalue weighted by Gasteiger charge is 2.61. The highest BCUT2D eigenvalue weighted by atomic mass is 19.1. The molecule has 0 unspecified atom stereocenters. The van der Waals surface area contributed by atoms with Crippen molar-refractivity contribution in [1.29, 1.82) is 0 Å². The van der Waals surface area contributed by atoms with E-state index in [0.29, 0.717) is 23.5 Å². The number of aromatic nitrogens is 2. The lowest BCUT2D eigenvalue weighted by Crippen LogP contribution is -2.48. The molecule has 2 heterocycles. The van der Waals surface area contributed by atoms with E-state index in [0.717, 1.165) is 38.5 Å². The molecule has 5 atom stereocenters. The second-order valence-electron chi connectivity index (χ2n) is 15.5. The lowest BCUT2D eigenvalue weighted by atomic mass is 9.77. The Hall–Kier alpha value is -4.15. The molecule has 1 aromatic heterocycles. The Labute approximate surface area is 293 Å². The zero-order chi connectivity index (χ0) is 35.8. The van der Waals surface area contributed by atoms with Gasteiger partial charge in [-0.3, -0.25) is 19.2 Å². The topological polar surface area (TPSA) is 125 Å². The average molecular weight is 690 g/mol. The van der Waals surface area contributed by atoms with E-state index < -0.39 is 46.6 Å². The normalized spacial score (nSPS) is 25.5. The number of hydrogen-bond acceptors (Lipinski definition) is 9. The van der Waals surface area contributed by atoms with Crippen molar-refractivity contribution in [3.8, 4) is 17.1 Å². The van der Waals surface area contributed by atoms with Crippen LogP contribution in [0.1, 0.15) is 96.7 Å². The molecule has 1 amide bonds. The number of nitrogens with zero attached hydrogens (tertiary/aromatic N) is 3. The lowest BCUT2D eigenvalue weighted by Gasteiger charge is -2.35. The number of rotatable bonds is 13. The number of ether oxygens (including phenoxy) is 3. The van der Waals surface area contributed by atoms with Crippen LogP contribution >= 0.6 is 0 Å². The molecule has 3 saturated carbocycles. The van der Waals surface area contributed by atoms with E-state index in [1.54, 1.807) is 30.3 Å². The molecule has 4 fully saturated rings. The Balaban J connectivity index is 1.28.